The molecule has 5 aliphatic heterocycles. The number of thioether (sulfide) groups is 1. The Morgan fingerprint density at radius 1 is 1.03 bits per heavy atom. The predicted octanol–water partition coefficient (Wildman–Crippen LogP) is 5.77. The molecule has 6 atom stereocenters. The molecule has 4 aromatic rings. The number of esters is 2. The number of aliphatic hydroxyl groups is 1. The topological polar surface area (TPSA) is 155 Å². The standard InChI is InChI=1S/C45H54N4O10S/c1-21(2)48-13-12-27-28-16-26(54-7)10-11-30(28)46-42(27)45(48,19-60-9)18-33(51)59-44-35-29(39(58-24(5)50)23(4)40-41(35)57-20-56-40)17-31-36-34-25(14-22(3)38(55-8)37(34)52)15-32(47(36)6)43(53)49(31)44/h10-11,14,16,21,31-32,36,43-44,46,52-53H,12-13,15,17-20H2,1-9H3/t31?,32-,36-,43-,44-,45+/m0/s1. The van der Waals surface area contributed by atoms with E-state index in [2.05, 4.69) is 41.0 Å². The summed E-state index contributed by atoms with van der Waals surface area (Å²) < 4.78 is 36.4. The van der Waals surface area contributed by atoms with Gasteiger partial charge in [-0.25, -0.2) is 4.90 Å². The number of hydrogen-bond acceptors (Lipinski definition) is 14. The highest BCUT2D eigenvalue weighted by molar-refractivity contribution is 7.98. The molecule has 5 aliphatic rings. The molecule has 3 aromatic carbocycles. The van der Waals surface area contributed by atoms with E-state index in [1.165, 1.54) is 14.0 Å². The van der Waals surface area contributed by atoms with E-state index in [9.17, 15) is 15.0 Å². The van der Waals surface area contributed by atoms with Gasteiger partial charge in [-0.05, 0) is 95.2 Å². The number of fused-ring (bicyclic) bond motifs is 12. The average molecular weight is 843 g/mol. The molecule has 1 aromatic heterocycles. The van der Waals surface area contributed by atoms with E-state index in [1.54, 1.807) is 18.9 Å². The van der Waals surface area contributed by atoms with Crippen LogP contribution in [0.15, 0.2) is 24.3 Å². The van der Waals surface area contributed by atoms with Crippen molar-refractivity contribution in [3.8, 4) is 34.5 Å². The van der Waals surface area contributed by atoms with E-state index in [-0.39, 0.29) is 31.4 Å². The number of benzene rings is 3. The van der Waals surface area contributed by atoms with Crippen LogP contribution >= 0.6 is 11.8 Å². The van der Waals surface area contributed by atoms with Crippen molar-refractivity contribution in [3.05, 3.63) is 68.9 Å². The lowest BCUT2D eigenvalue weighted by Gasteiger charge is -2.59. The van der Waals surface area contributed by atoms with Gasteiger partial charge < -0.3 is 43.6 Å². The van der Waals surface area contributed by atoms with Crippen LogP contribution < -0.4 is 23.7 Å². The largest absolute Gasteiger partial charge is 0.504 e. The SMILES string of the molecule is COc1ccc2[nH]c3c(c2c1)CCN(C(C)C)[C@@]3(CSC)CC(=O)O[C@H]1c2c(c(OC(C)=O)c(C)c3c2OCO3)CC2[C@H]3c4c(cc(C)c(OC)c4O)C[C@@H]([C@H](O)N21)N3C. The van der Waals surface area contributed by atoms with Crippen molar-refractivity contribution < 1.29 is 48.2 Å². The van der Waals surface area contributed by atoms with E-state index in [0.29, 0.717) is 57.4 Å². The van der Waals surface area contributed by atoms with E-state index in [4.69, 9.17) is 28.4 Å². The summed E-state index contributed by atoms with van der Waals surface area (Å²) in [5.41, 5.74) is 6.39. The Balaban J connectivity index is 1.21. The maximum absolute atomic E-state index is 15.2. The van der Waals surface area contributed by atoms with Crippen LogP contribution in [0.25, 0.3) is 10.9 Å². The molecule has 1 saturated heterocycles. The number of likely N-dealkylation sites (N-methyl/N-ethyl adjacent to an activating group) is 1. The van der Waals surface area contributed by atoms with Gasteiger partial charge in [0.1, 0.15) is 17.7 Å². The first-order valence-corrected chi connectivity index (χ1v) is 22.0. The molecule has 1 unspecified atom stereocenters. The second kappa shape index (κ2) is 15.0. The Bertz CT molecular complexity index is 2420. The fourth-order valence-corrected chi connectivity index (χ4v) is 12.1. The number of phenols is 1. The number of rotatable bonds is 9. The third-order valence-electron chi connectivity index (χ3n) is 13.6. The van der Waals surface area contributed by atoms with Crippen molar-refractivity contribution >= 4 is 34.6 Å². The molecule has 9 rings (SSSR count). The van der Waals surface area contributed by atoms with Gasteiger partial charge in [0.25, 0.3) is 0 Å². The Kier molecular flexibility index (Phi) is 10.2. The Morgan fingerprint density at radius 2 is 1.80 bits per heavy atom. The fourth-order valence-electron chi connectivity index (χ4n) is 11.2. The number of aryl methyl sites for hydroxylation is 1. The molecule has 0 aliphatic carbocycles. The number of H-pyrrole nitrogens is 1. The number of aromatic nitrogens is 1. The number of nitrogens with one attached hydrogen (secondary N) is 1. The van der Waals surface area contributed by atoms with Gasteiger partial charge in [0.2, 0.25) is 6.79 Å². The number of phenolic OH excluding ortho intramolecular Hbond substituents is 1. The van der Waals surface area contributed by atoms with Gasteiger partial charge in [0.05, 0.1) is 43.8 Å². The second-order valence-corrected chi connectivity index (χ2v) is 17.9. The first-order valence-electron chi connectivity index (χ1n) is 20.6. The van der Waals surface area contributed by atoms with E-state index in [0.717, 1.165) is 52.0 Å². The van der Waals surface area contributed by atoms with Gasteiger partial charge in [-0.3, -0.25) is 19.4 Å². The van der Waals surface area contributed by atoms with E-state index >= 15 is 4.79 Å². The monoisotopic (exact) mass is 842 g/mol. The third kappa shape index (κ3) is 5.98. The summed E-state index contributed by atoms with van der Waals surface area (Å²) in [5, 5.41) is 25.6. The Labute approximate surface area is 354 Å². The maximum Gasteiger partial charge on any atom is 0.309 e. The Morgan fingerprint density at radius 3 is 2.50 bits per heavy atom. The Hall–Kier alpha value is -4.67. The zero-order chi connectivity index (χ0) is 42.5. The molecule has 0 amide bonds. The summed E-state index contributed by atoms with van der Waals surface area (Å²) in [4.78, 5) is 38.1. The third-order valence-corrected chi connectivity index (χ3v) is 14.4. The number of carbonyl (C=O) groups excluding carboxylic acids is 2. The van der Waals surface area contributed by atoms with Gasteiger partial charge in [0.15, 0.2) is 29.2 Å². The normalized spacial score (nSPS) is 25.7. The molecular formula is C45H54N4O10S. The summed E-state index contributed by atoms with van der Waals surface area (Å²) >= 11 is 1.67. The number of aromatic amines is 1. The lowest BCUT2D eigenvalue weighted by molar-refractivity contribution is -0.226. The van der Waals surface area contributed by atoms with E-state index < -0.39 is 48.1 Å². The van der Waals surface area contributed by atoms with Crippen molar-refractivity contribution in [2.45, 2.75) is 102 Å². The van der Waals surface area contributed by atoms with Crippen LogP contribution in [-0.2, 0) is 39.1 Å². The number of piperazine rings is 1. The van der Waals surface area contributed by atoms with Gasteiger partial charge in [-0.15, -0.1) is 0 Å². The molecule has 14 nitrogen and oxygen atoms in total. The summed E-state index contributed by atoms with van der Waals surface area (Å²) in [6.07, 6.45) is 1.23. The highest BCUT2D eigenvalue weighted by Gasteiger charge is 2.58. The molecule has 2 bridgehead atoms. The number of ether oxygens (including phenoxy) is 6. The van der Waals surface area contributed by atoms with Crippen molar-refractivity contribution in [2.75, 3.05) is 46.6 Å². The number of carbonyl (C=O) groups is 2. The molecule has 0 radical (unpaired) electrons. The smallest absolute Gasteiger partial charge is 0.309 e. The predicted molar refractivity (Wildman–Crippen MR) is 225 cm³/mol. The minimum absolute atomic E-state index is 0.00151. The first kappa shape index (κ1) is 40.7. The summed E-state index contributed by atoms with van der Waals surface area (Å²) in [7, 11) is 5.15. The first-order chi connectivity index (χ1) is 28.7. The number of hydrogen-bond donors (Lipinski definition) is 3. The lowest BCUT2D eigenvalue weighted by Crippen LogP contribution is -2.68. The summed E-state index contributed by atoms with van der Waals surface area (Å²) in [6, 6.07) is 6.65. The fraction of sp³-hybridized carbons (Fsp3) is 0.511. The highest BCUT2D eigenvalue weighted by atomic mass is 32.2. The van der Waals surface area contributed by atoms with Crippen molar-refractivity contribution in [1.29, 1.82) is 0 Å². The van der Waals surface area contributed by atoms with Crippen LogP contribution in [0.5, 0.6) is 34.5 Å². The van der Waals surface area contributed by atoms with Crippen LogP contribution in [-0.4, -0.2) is 113 Å². The molecule has 60 heavy (non-hydrogen) atoms. The molecule has 3 N–H and O–H groups in total. The molecule has 0 spiro atoms. The van der Waals surface area contributed by atoms with Crippen LogP contribution in [0.1, 0.15) is 84.1 Å². The summed E-state index contributed by atoms with van der Waals surface area (Å²) in [5.74, 6) is 1.87. The van der Waals surface area contributed by atoms with Crippen LogP contribution in [0.3, 0.4) is 0 Å². The number of aliphatic hydroxyl groups excluding tert-OH is 1. The molecular weight excluding hydrogens is 789 g/mol. The maximum atomic E-state index is 15.2. The average Bonchev–Trinajstić information content (AvgIpc) is 3.84. The highest BCUT2D eigenvalue weighted by Crippen LogP contribution is 2.59. The van der Waals surface area contributed by atoms with Gasteiger partial charge in [0, 0.05) is 64.6 Å². The quantitative estimate of drug-likeness (QED) is 0.138. The van der Waals surface area contributed by atoms with E-state index in [1.807, 2.05) is 44.0 Å². The van der Waals surface area contributed by atoms with Crippen molar-refractivity contribution in [1.82, 2.24) is 19.7 Å². The summed E-state index contributed by atoms with van der Waals surface area (Å²) in [6.45, 7) is 10.0. The van der Waals surface area contributed by atoms with Gasteiger partial charge >= 0.3 is 11.9 Å². The second-order valence-electron chi connectivity index (χ2n) is 17.1. The van der Waals surface area contributed by atoms with Gasteiger partial charge in [-0.2, -0.15) is 11.8 Å². The molecule has 1 fully saturated rings. The molecule has 320 valence electrons. The molecule has 0 saturated carbocycles. The molecule has 15 heteroatoms. The van der Waals surface area contributed by atoms with Crippen molar-refractivity contribution in [2.24, 2.45) is 0 Å². The van der Waals surface area contributed by atoms with Crippen LogP contribution in [0, 0.1) is 13.8 Å². The number of aromatic hydroxyl groups is 1. The minimum atomic E-state index is -1.18. The zero-order valence-electron chi connectivity index (χ0n) is 35.6. The number of methoxy groups -OCH3 is 2. The minimum Gasteiger partial charge on any atom is -0.504 e. The number of nitrogens with zero attached hydrogens (tertiary/aromatic N) is 3. The van der Waals surface area contributed by atoms with Crippen molar-refractivity contribution in [3.63, 3.8) is 0 Å². The lowest BCUT2D eigenvalue weighted by atomic mass is 9.74. The van der Waals surface area contributed by atoms with Gasteiger partial charge in [-0.1, -0.05) is 6.07 Å². The van der Waals surface area contributed by atoms with Crippen LogP contribution in [0.4, 0.5) is 0 Å². The molecule has 6 heterocycles. The van der Waals surface area contributed by atoms with Crippen LogP contribution in [0.2, 0.25) is 0 Å². The zero-order valence-corrected chi connectivity index (χ0v) is 36.5.